The summed E-state index contributed by atoms with van der Waals surface area (Å²) in [7, 11) is 0. The van der Waals surface area contributed by atoms with E-state index < -0.39 is 0 Å². The maximum Gasteiger partial charge on any atom is 0.188 e. The first kappa shape index (κ1) is 19.5. The normalized spacial score (nSPS) is 15.9. The quantitative estimate of drug-likeness (QED) is 0.320. The van der Waals surface area contributed by atoms with Crippen molar-refractivity contribution < 1.29 is 0 Å². The van der Waals surface area contributed by atoms with Crippen LogP contribution in [0, 0.1) is 5.92 Å². The van der Waals surface area contributed by atoms with Crippen molar-refractivity contribution in [2.24, 2.45) is 16.6 Å². The summed E-state index contributed by atoms with van der Waals surface area (Å²) in [4.78, 5) is 8.81. The van der Waals surface area contributed by atoms with Crippen molar-refractivity contribution in [1.29, 1.82) is 0 Å². The van der Waals surface area contributed by atoms with Crippen molar-refractivity contribution in [3.05, 3.63) is 23.9 Å². The van der Waals surface area contributed by atoms with Crippen LogP contribution >= 0.6 is 35.7 Å². The molecule has 124 valence electrons. The number of hydrogen-bond acceptors (Lipinski definition) is 3. The molecule has 1 aliphatic rings. The summed E-state index contributed by atoms with van der Waals surface area (Å²) in [5.41, 5.74) is 7.05. The van der Waals surface area contributed by atoms with Gasteiger partial charge < -0.3 is 11.1 Å². The number of rotatable bonds is 5. The number of guanidine groups is 1. The predicted octanol–water partition coefficient (Wildman–Crippen LogP) is 3.79. The van der Waals surface area contributed by atoms with E-state index in [4.69, 9.17) is 5.73 Å². The van der Waals surface area contributed by atoms with Gasteiger partial charge in [-0.15, -0.1) is 35.7 Å². The van der Waals surface area contributed by atoms with Gasteiger partial charge in [0.15, 0.2) is 5.96 Å². The monoisotopic (exact) mass is 434 g/mol. The molecule has 0 spiro atoms. The van der Waals surface area contributed by atoms with Gasteiger partial charge in [-0.05, 0) is 36.5 Å². The maximum atomic E-state index is 5.91. The number of aliphatic imine (C=N–C) groups is 1. The van der Waals surface area contributed by atoms with Crippen LogP contribution in [0.1, 0.15) is 45.6 Å². The van der Waals surface area contributed by atoms with E-state index in [1.54, 1.807) is 11.8 Å². The van der Waals surface area contributed by atoms with Crippen LogP contribution in [0.25, 0.3) is 0 Å². The molecule has 0 atom stereocenters. The van der Waals surface area contributed by atoms with E-state index in [0.29, 0.717) is 12.5 Å². The highest BCUT2D eigenvalue weighted by Gasteiger charge is 2.16. The largest absolute Gasteiger partial charge is 0.370 e. The van der Waals surface area contributed by atoms with Gasteiger partial charge in [0.2, 0.25) is 0 Å². The van der Waals surface area contributed by atoms with Crippen molar-refractivity contribution in [2.75, 3.05) is 6.54 Å². The second-order valence-electron chi connectivity index (χ2n) is 6.60. The highest BCUT2D eigenvalue weighted by Crippen LogP contribution is 2.30. The molecule has 0 aliphatic heterocycles. The fourth-order valence-corrected chi connectivity index (χ4v) is 3.05. The van der Waals surface area contributed by atoms with Gasteiger partial charge in [0.1, 0.15) is 0 Å². The second kappa shape index (κ2) is 8.96. The number of thioether (sulfide) groups is 1. The lowest BCUT2D eigenvalue weighted by Gasteiger charge is -2.25. The van der Waals surface area contributed by atoms with Crippen molar-refractivity contribution in [1.82, 2.24) is 10.3 Å². The third-order valence-electron chi connectivity index (χ3n) is 3.44. The minimum Gasteiger partial charge on any atom is -0.370 e. The number of halogens is 1. The van der Waals surface area contributed by atoms with E-state index >= 15 is 0 Å². The highest BCUT2D eigenvalue weighted by molar-refractivity contribution is 14.0. The molecule has 1 aromatic heterocycles. The van der Waals surface area contributed by atoms with E-state index in [9.17, 15) is 0 Å². The number of aromatic nitrogens is 1. The molecule has 0 aromatic carbocycles. The van der Waals surface area contributed by atoms with Gasteiger partial charge in [-0.3, -0.25) is 0 Å². The summed E-state index contributed by atoms with van der Waals surface area (Å²) in [6.07, 6.45) is 5.83. The van der Waals surface area contributed by atoms with Gasteiger partial charge >= 0.3 is 0 Å². The molecule has 1 aliphatic carbocycles. The number of nitrogens with one attached hydrogen (secondary N) is 1. The molecule has 6 heteroatoms. The molecule has 1 saturated carbocycles. The van der Waals surface area contributed by atoms with Crippen LogP contribution in [0.5, 0.6) is 0 Å². The number of pyridine rings is 1. The molecule has 0 amide bonds. The van der Waals surface area contributed by atoms with Crippen LogP contribution in [-0.2, 0) is 6.54 Å². The van der Waals surface area contributed by atoms with Gasteiger partial charge in [0.05, 0.1) is 11.6 Å². The molecule has 2 rings (SSSR count). The average molecular weight is 434 g/mol. The Balaban J connectivity index is 0.00000242. The first-order valence-corrected chi connectivity index (χ1v) is 8.42. The minimum atomic E-state index is 0. The van der Waals surface area contributed by atoms with Crippen molar-refractivity contribution >= 4 is 41.7 Å². The number of nitrogens with two attached hydrogens (primary N) is 1. The fraction of sp³-hybridized carbons (Fsp3) is 0.625. The highest BCUT2D eigenvalue weighted by atomic mass is 127. The fourth-order valence-electron chi connectivity index (χ4n) is 2.10. The molecule has 0 radical (unpaired) electrons. The molecule has 1 heterocycles. The standard InChI is InChI=1S/C16H26N4S.HI/c1-16(2,3)21-14-9-13(7-8-18-14)11-20-15(17)19-10-12-5-4-6-12;/h7-9,12H,4-6,10-11H2,1-3H3,(H3,17,19,20);1H. The van der Waals surface area contributed by atoms with Gasteiger partial charge in [0, 0.05) is 17.5 Å². The summed E-state index contributed by atoms with van der Waals surface area (Å²) >= 11 is 1.77. The Kier molecular flexibility index (Phi) is 7.96. The second-order valence-corrected chi connectivity index (χ2v) is 8.44. The number of nitrogens with zero attached hydrogens (tertiary/aromatic N) is 2. The average Bonchev–Trinajstić information content (AvgIpc) is 2.33. The van der Waals surface area contributed by atoms with Gasteiger partial charge in [-0.2, -0.15) is 0 Å². The summed E-state index contributed by atoms with van der Waals surface area (Å²) < 4.78 is 0.165. The lowest BCUT2D eigenvalue weighted by molar-refractivity contribution is 0.315. The Bertz CT molecular complexity index is 495. The molecule has 1 fully saturated rings. The maximum absolute atomic E-state index is 5.91. The summed E-state index contributed by atoms with van der Waals surface area (Å²) in [5.74, 6) is 1.33. The lowest BCUT2D eigenvalue weighted by atomic mass is 9.85. The first-order chi connectivity index (χ1) is 9.92. The molecule has 3 N–H and O–H groups in total. The van der Waals surface area contributed by atoms with Crippen molar-refractivity contribution in [2.45, 2.75) is 56.4 Å². The van der Waals surface area contributed by atoms with E-state index in [0.717, 1.165) is 23.1 Å². The van der Waals surface area contributed by atoms with Crippen LogP contribution in [0.3, 0.4) is 0 Å². The van der Waals surface area contributed by atoms with E-state index in [1.165, 1.54) is 19.3 Å². The SMILES string of the molecule is CC(C)(C)Sc1cc(CN=C(N)NCC2CCC2)ccn1.I. The Morgan fingerprint density at radius 1 is 1.45 bits per heavy atom. The Labute approximate surface area is 155 Å². The third kappa shape index (κ3) is 7.17. The zero-order valence-corrected chi connectivity index (χ0v) is 16.8. The van der Waals surface area contributed by atoms with Crippen molar-refractivity contribution in [3.63, 3.8) is 0 Å². The number of hydrogen-bond donors (Lipinski definition) is 2. The van der Waals surface area contributed by atoms with Crippen LogP contribution < -0.4 is 11.1 Å². The Morgan fingerprint density at radius 3 is 2.77 bits per heavy atom. The van der Waals surface area contributed by atoms with Crippen LogP contribution in [-0.4, -0.2) is 22.2 Å². The van der Waals surface area contributed by atoms with Gasteiger partial charge in [-0.25, -0.2) is 9.98 Å². The smallest absolute Gasteiger partial charge is 0.188 e. The topological polar surface area (TPSA) is 63.3 Å². The lowest BCUT2D eigenvalue weighted by Crippen LogP contribution is -2.37. The third-order valence-corrected chi connectivity index (χ3v) is 4.48. The van der Waals surface area contributed by atoms with Crippen LogP contribution in [0.15, 0.2) is 28.3 Å². The molecule has 0 saturated heterocycles. The van der Waals surface area contributed by atoms with Crippen LogP contribution in [0.4, 0.5) is 0 Å². The minimum absolute atomic E-state index is 0. The molecule has 22 heavy (non-hydrogen) atoms. The van der Waals surface area contributed by atoms with E-state index in [1.807, 2.05) is 12.3 Å². The molecule has 1 aromatic rings. The molecule has 0 unspecified atom stereocenters. The van der Waals surface area contributed by atoms with Gasteiger partial charge in [0.25, 0.3) is 0 Å². The van der Waals surface area contributed by atoms with E-state index in [2.05, 4.69) is 42.1 Å². The zero-order chi connectivity index (χ0) is 15.3. The zero-order valence-electron chi connectivity index (χ0n) is 13.6. The molecular weight excluding hydrogens is 407 g/mol. The van der Waals surface area contributed by atoms with Crippen molar-refractivity contribution in [3.8, 4) is 0 Å². The van der Waals surface area contributed by atoms with E-state index in [-0.39, 0.29) is 28.7 Å². The molecular formula is C16H27IN4S. The van der Waals surface area contributed by atoms with Gasteiger partial charge in [-0.1, -0.05) is 27.2 Å². The first-order valence-electron chi connectivity index (χ1n) is 7.60. The Hall–Kier alpha value is -0.500. The summed E-state index contributed by atoms with van der Waals surface area (Å²) in [6.45, 7) is 8.12. The predicted molar refractivity (Wildman–Crippen MR) is 106 cm³/mol. The van der Waals surface area contributed by atoms with Crippen LogP contribution in [0.2, 0.25) is 0 Å². The summed E-state index contributed by atoms with van der Waals surface area (Å²) in [5, 5.41) is 4.25. The Morgan fingerprint density at radius 2 is 2.18 bits per heavy atom. The summed E-state index contributed by atoms with van der Waals surface area (Å²) in [6, 6.07) is 4.09. The molecule has 4 nitrogen and oxygen atoms in total. The molecule has 0 bridgehead atoms.